The van der Waals surface area contributed by atoms with E-state index in [1.807, 2.05) is 18.3 Å². The first-order valence-corrected chi connectivity index (χ1v) is 8.00. The zero-order chi connectivity index (χ0) is 15.3. The average molecular weight is 304 g/mol. The Hall–Kier alpha value is -1.49. The number of aromatic nitrogens is 4. The van der Waals surface area contributed by atoms with Crippen LogP contribution in [-0.4, -0.2) is 19.7 Å². The highest BCUT2D eigenvalue weighted by Gasteiger charge is 2.21. The summed E-state index contributed by atoms with van der Waals surface area (Å²) in [6.45, 7) is 7.70. The molecule has 1 N–H and O–H groups in total. The molecule has 0 radical (unpaired) electrons. The molecule has 0 fully saturated rings. The van der Waals surface area contributed by atoms with Crippen LogP contribution in [0.2, 0.25) is 0 Å². The van der Waals surface area contributed by atoms with E-state index < -0.39 is 0 Å². The maximum atomic E-state index is 5.40. The van der Waals surface area contributed by atoms with Gasteiger partial charge in [0.1, 0.15) is 0 Å². The second-order valence-corrected chi connectivity index (χ2v) is 6.69. The van der Waals surface area contributed by atoms with Gasteiger partial charge in [0.2, 0.25) is 0 Å². The largest absolute Gasteiger partial charge is 0.300 e. The third-order valence-corrected chi connectivity index (χ3v) is 4.03. The monoisotopic (exact) mass is 304 g/mol. The van der Waals surface area contributed by atoms with Gasteiger partial charge in [-0.15, -0.1) is 0 Å². The van der Waals surface area contributed by atoms with Crippen LogP contribution in [0.15, 0.2) is 24.5 Å². The minimum absolute atomic E-state index is 0.203. The summed E-state index contributed by atoms with van der Waals surface area (Å²) in [4.78, 5) is 4.17. The number of unbranched alkanes of at least 4 members (excludes halogenated alkanes) is 2. The standard InChI is InChI=1S/C16H24N4S/c1-4-5-6-9-16(2,3)12-20-14(18-19-15(20)21)13-8-7-10-17-11-13/h7-8,10-11H,4-6,9,12H2,1-3H3,(H,19,21). The lowest BCUT2D eigenvalue weighted by molar-refractivity contribution is 0.271. The minimum Gasteiger partial charge on any atom is -0.300 e. The van der Waals surface area contributed by atoms with E-state index in [2.05, 4.69) is 40.5 Å². The van der Waals surface area contributed by atoms with Gasteiger partial charge in [0.05, 0.1) is 0 Å². The van der Waals surface area contributed by atoms with Crippen molar-refractivity contribution in [1.29, 1.82) is 0 Å². The molecule has 0 aliphatic heterocycles. The predicted molar refractivity (Wildman–Crippen MR) is 88.6 cm³/mol. The molecule has 0 amide bonds. The van der Waals surface area contributed by atoms with Crippen LogP contribution < -0.4 is 0 Å². The van der Waals surface area contributed by atoms with Crippen LogP contribution in [0.3, 0.4) is 0 Å². The molecule has 0 spiro atoms. The van der Waals surface area contributed by atoms with Gasteiger partial charge in [-0.1, -0.05) is 40.0 Å². The molecule has 0 aliphatic rings. The molecule has 0 aliphatic carbocycles. The number of hydrogen-bond donors (Lipinski definition) is 1. The zero-order valence-electron chi connectivity index (χ0n) is 13.1. The van der Waals surface area contributed by atoms with E-state index in [1.54, 1.807) is 6.20 Å². The Morgan fingerprint density at radius 3 is 2.81 bits per heavy atom. The zero-order valence-corrected chi connectivity index (χ0v) is 13.9. The van der Waals surface area contributed by atoms with Crippen molar-refractivity contribution >= 4 is 12.2 Å². The summed E-state index contributed by atoms with van der Waals surface area (Å²) < 4.78 is 2.77. The van der Waals surface area contributed by atoms with Gasteiger partial charge >= 0.3 is 0 Å². The van der Waals surface area contributed by atoms with Crippen LogP contribution in [0.4, 0.5) is 0 Å². The quantitative estimate of drug-likeness (QED) is 0.600. The van der Waals surface area contributed by atoms with Gasteiger partial charge in [0.15, 0.2) is 10.6 Å². The first kappa shape index (κ1) is 15.9. The number of H-pyrrole nitrogens is 1. The van der Waals surface area contributed by atoms with Crippen molar-refractivity contribution in [3.63, 3.8) is 0 Å². The molecule has 0 bridgehead atoms. The fourth-order valence-electron chi connectivity index (χ4n) is 2.54. The topological polar surface area (TPSA) is 46.5 Å². The van der Waals surface area contributed by atoms with Gasteiger partial charge in [-0.2, -0.15) is 5.10 Å². The second-order valence-electron chi connectivity index (χ2n) is 6.30. The molecule has 2 heterocycles. The summed E-state index contributed by atoms with van der Waals surface area (Å²) in [6.07, 6.45) is 8.59. The Balaban J connectivity index is 2.21. The Labute approximate surface area is 131 Å². The predicted octanol–water partition coefficient (Wildman–Crippen LogP) is 4.61. The van der Waals surface area contributed by atoms with Crippen LogP contribution in [0, 0.1) is 10.2 Å². The summed E-state index contributed by atoms with van der Waals surface area (Å²) >= 11 is 5.40. The Morgan fingerprint density at radius 2 is 2.14 bits per heavy atom. The lowest BCUT2D eigenvalue weighted by atomic mass is 9.86. The fourth-order valence-corrected chi connectivity index (χ4v) is 2.74. The van der Waals surface area contributed by atoms with Crippen LogP contribution >= 0.6 is 12.2 Å². The smallest absolute Gasteiger partial charge is 0.195 e. The van der Waals surface area contributed by atoms with E-state index in [0.29, 0.717) is 4.77 Å². The Kier molecular flexibility index (Phi) is 5.28. The van der Waals surface area contributed by atoms with E-state index in [0.717, 1.165) is 17.9 Å². The summed E-state index contributed by atoms with van der Waals surface area (Å²) in [5.74, 6) is 0.872. The highest BCUT2D eigenvalue weighted by molar-refractivity contribution is 7.71. The third-order valence-electron chi connectivity index (χ3n) is 3.72. The number of nitrogens with one attached hydrogen (secondary N) is 1. The van der Waals surface area contributed by atoms with E-state index in [9.17, 15) is 0 Å². The Bertz CT molecular complexity index is 613. The molecule has 2 rings (SSSR count). The molecule has 0 saturated heterocycles. The highest BCUT2D eigenvalue weighted by Crippen LogP contribution is 2.28. The maximum Gasteiger partial charge on any atom is 0.195 e. The molecular weight excluding hydrogens is 280 g/mol. The summed E-state index contributed by atoms with van der Waals surface area (Å²) in [7, 11) is 0. The van der Waals surface area contributed by atoms with E-state index in [4.69, 9.17) is 12.2 Å². The number of nitrogens with zero attached hydrogens (tertiary/aromatic N) is 3. The van der Waals surface area contributed by atoms with E-state index >= 15 is 0 Å². The minimum atomic E-state index is 0.203. The van der Waals surface area contributed by atoms with E-state index in [-0.39, 0.29) is 5.41 Å². The first-order valence-electron chi connectivity index (χ1n) is 7.59. The van der Waals surface area contributed by atoms with Crippen molar-refractivity contribution in [3.05, 3.63) is 29.3 Å². The Morgan fingerprint density at radius 1 is 1.33 bits per heavy atom. The highest BCUT2D eigenvalue weighted by atomic mass is 32.1. The molecule has 0 unspecified atom stereocenters. The van der Waals surface area contributed by atoms with Gasteiger partial charge in [0, 0.05) is 24.5 Å². The third kappa shape index (κ3) is 4.24. The lowest BCUT2D eigenvalue weighted by Gasteiger charge is -2.25. The van der Waals surface area contributed by atoms with Gasteiger partial charge in [-0.05, 0) is 36.2 Å². The van der Waals surface area contributed by atoms with Crippen LogP contribution in [0.25, 0.3) is 11.4 Å². The van der Waals surface area contributed by atoms with Gasteiger partial charge < -0.3 is 0 Å². The molecule has 114 valence electrons. The van der Waals surface area contributed by atoms with Gasteiger partial charge in [-0.3, -0.25) is 14.6 Å². The number of pyridine rings is 1. The van der Waals surface area contributed by atoms with Gasteiger partial charge in [-0.25, -0.2) is 0 Å². The summed E-state index contributed by atoms with van der Waals surface area (Å²) in [5.41, 5.74) is 1.20. The number of aromatic amines is 1. The molecule has 5 heteroatoms. The normalized spacial score (nSPS) is 11.8. The summed E-state index contributed by atoms with van der Waals surface area (Å²) in [6, 6.07) is 3.93. The first-order chi connectivity index (χ1) is 10.0. The molecule has 0 saturated carbocycles. The van der Waals surface area contributed by atoms with Crippen LogP contribution in [0.5, 0.6) is 0 Å². The maximum absolute atomic E-state index is 5.40. The van der Waals surface area contributed by atoms with Crippen molar-refractivity contribution in [3.8, 4) is 11.4 Å². The van der Waals surface area contributed by atoms with Crippen molar-refractivity contribution in [2.45, 2.75) is 53.0 Å². The van der Waals surface area contributed by atoms with Gasteiger partial charge in [0.25, 0.3) is 0 Å². The fraction of sp³-hybridized carbons (Fsp3) is 0.562. The van der Waals surface area contributed by atoms with Crippen molar-refractivity contribution in [2.75, 3.05) is 0 Å². The van der Waals surface area contributed by atoms with Crippen molar-refractivity contribution in [2.24, 2.45) is 5.41 Å². The molecule has 2 aromatic rings. The lowest BCUT2D eigenvalue weighted by Crippen LogP contribution is -2.20. The number of rotatable bonds is 7. The summed E-state index contributed by atoms with van der Waals surface area (Å²) in [5, 5.41) is 7.29. The van der Waals surface area contributed by atoms with Crippen molar-refractivity contribution in [1.82, 2.24) is 19.7 Å². The molecule has 2 aromatic heterocycles. The molecule has 0 aromatic carbocycles. The molecular formula is C16H24N4S. The van der Waals surface area contributed by atoms with Crippen molar-refractivity contribution < 1.29 is 0 Å². The average Bonchev–Trinajstić information content (AvgIpc) is 2.81. The van der Waals surface area contributed by atoms with Crippen LogP contribution in [0.1, 0.15) is 46.5 Å². The molecule has 0 atom stereocenters. The van der Waals surface area contributed by atoms with Crippen LogP contribution in [-0.2, 0) is 6.54 Å². The van der Waals surface area contributed by atoms with E-state index in [1.165, 1.54) is 25.7 Å². The molecule has 4 nitrogen and oxygen atoms in total. The number of hydrogen-bond acceptors (Lipinski definition) is 3. The molecule has 21 heavy (non-hydrogen) atoms. The SMILES string of the molecule is CCCCCC(C)(C)Cn1c(-c2cccnc2)n[nH]c1=S. The second kappa shape index (κ2) is 6.98.